The molecule has 1 aliphatic heterocycles. The molecular weight excluding hydrogens is 418 g/mol. The summed E-state index contributed by atoms with van der Waals surface area (Å²) in [6.45, 7) is 4.65. The second-order valence-electron chi connectivity index (χ2n) is 7.37. The smallest absolute Gasteiger partial charge is 0.120 e. The van der Waals surface area contributed by atoms with E-state index in [0.717, 1.165) is 55.3 Å². The number of nitrogens with zero attached hydrogens (tertiary/aromatic N) is 3. The Kier molecular flexibility index (Phi) is 5.45. The molecule has 0 unspecified atom stereocenters. The van der Waals surface area contributed by atoms with Gasteiger partial charge in [-0.2, -0.15) is 5.10 Å². The summed E-state index contributed by atoms with van der Waals surface area (Å²) in [6, 6.07) is 24.3. The number of rotatable bonds is 5. The van der Waals surface area contributed by atoms with Crippen molar-refractivity contribution in [1.82, 2.24) is 9.78 Å². The molecule has 5 nitrogen and oxygen atoms in total. The summed E-state index contributed by atoms with van der Waals surface area (Å²) in [7, 11) is 1.67. The van der Waals surface area contributed by atoms with Crippen molar-refractivity contribution in [2.45, 2.75) is 23.8 Å². The molecule has 0 saturated heterocycles. The number of para-hydroxylation sites is 1. The second-order valence-corrected chi connectivity index (χ2v) is 8.40. The summed E-state index contributed by atoms with van der Waals surface area (Å²) in [4.78, 5) is 6.16. The summed E-state index contributed by atoms with van der Waals surface area (Å²) < 4.78 is 13.1. The molecule has 0 amide bonds. The SMILES string of the molecule is CCOc1ccc2c(c1)Sc1c(c(C)nn1-c1ccccc1)C(c1ccc(OC)cc1)=N2. The van der Waals surface area contributed by atoms with E-state index >= 15 is 0 Å². The number of benzene rings is 3. The molecule has 5 rings (SSSR count). The topological polar surface area (TPSA) is 48.6 Å². The molecule has 0 bridgehead atoms. The molecule has 3 aromatic carbocycles. The Morgan fingerprint density at radius 1 is 0.938 bits per heavy atom. The fourth-order valence-corrected chi connectivity index (χ4v) is 4.96. The molecule has 0 radical (unpaired) electrons. The summed E-state index contributed by atoms with van der Waals surface area (Å²) >= 11 is 1.67. The average Bonchev–Trinajstić information content (AvgIpc) is 3.04. The van der Waals surface area contributed by atoms with E-state index in [1.807, 2.05) is 73.1 Å². The van der Waals surface area contributed by atoms with E-state index < -0.39 is 0 Å². The van der Waals surface area contributed by atoms with Crippen LogP contribution >= 0.6 is 11.8 Å². The first-order chi connectivity index (χ1) is 15.7. The monoisotopic (exact) mass is 441 g/mol. The van der Waals surface area contributed by atoms with Crippen molar-refractivity contribution in [3.05, 3.63) is 89.6 Å². The molecule has 0 aliphatic carbocycles. The van der Waals surface area contributed by atoms with E-state index in [0.29, 0.717) is 6.61 Å². The molecule has 1 aliphatic rings. The highest BCUT2D eigenvalue weighted by Crippen LogP contribution is 2.44. The van der Waals surface area contributed by atoms with Gasteiger partial charge >= 0.3 is 0 Å². The molecule has 6 heteroatoms. The van der Waals surface area contributed by atoms with E-state index in [1.54, 1.807) is 18.9 Å². The lowest BCUT2D eigenvalue weighted by Crippen LogP contribution is -2.05. The Bertz CT molecular complexity index is 1290. The standard InChI is InChI=1S/C26H23N3O2S/c1-4-31-21-14-15-22-23(16-21)32-26-24(17(2)28-29(26)19-8-6-5-7-9-19)25(27-22)18-10-12-20(30-3)13-11-18/h5-16H,4H2,1-3H3. The highest BCUT2D eigenvalue weighted by molar-refractivity contribution is 7.99. The molecule has 160 valence electrons. The van der Waals surface area contributed by atoms with E-state index in [1.165, 1.54) is 0 Å². The van der Waals surface area contributed by atoms with Crippen LogP contribution in [0.25, 0.3) is 5.69 Å². The minimum absolute atomic E-state index is 0.621. The first kappa shape index (κ1) is 20.4. The number of hydrogen-bond donors (Lipinski definition) is 0. The third-order valence-electron chi connectivity index (χ3n) is 5.30. The van der Waals surface area contributed by atoms with Gasteiger partial charge in [-0.15, -0.1) is 0 Å². The highest BCUT2D eigenvalue weighted by Gasteiger charge is 2.27. The van der Waals surface area contributed by atoms with Crippen LogP contribution in [0, 0.1) is 6.92 Å². The van der Waals surface area contributed by atoms with E-state index in [2.05, 4.69) is 18.2 Å². The van der Waals surface area contributed by atoms with E-state index in [9.17, 15) is 0 Å². The Morgan fingerprint density at radius 3 is 2.41 bits per heavy atom. The van der Waals surface area contributed by atoms with Gasteiger partial charge in [-0.05, 0) is 68.4 Å². The molecular formula is C26H23N3O2S. The third kappa shape index (κ3) is 3.67. The van der Waals surface area contributed by atoms with Crippen LogP contribution < -0.4 is 9.47 Å². The number of aliphatic imine (C=N–C) groups is 1. The lowest BCUT2D eigenvalue weighted by molar-refractivity contribution is 0.339. The van der Waals surface area contributed by atoms with Crippen molar-refractivity contribution >= 4 is 23.2 Å². The maximum absolute atomic E-state index is 5.76. The van der Waals surface area contributed by atoms with Crippen molar-refractivity contribution in [2.24, 2.45) is 4.99 Å². The Labute approximate surface area is 191 Å². The minimum atomic E-state index is 0.621. The van der Waals surface area contributed by atoms with Crippen LogP contribution in [0.1, 0.15) is 23.7 Å². The molecule has 0 saturated carbocycles. The van der Waals surface area contributed by atoms with Crippen LogP contribution in [0.15, 0.2) is 87.7 Å². The van der Waals surface area contributed by atoms with Gasteiger partial charge in [0.2, 0.25) is 0 Å². The van der Waals surface area contributed by atoms with Gasteiger partial charge in [0, 0.05) is 10.5 Å². The van der Waals surface area contributed by atoms with Gasteiger partial charge in [-0.1, -0.05) is 30.0 Å². The summed E-state index contributed by atoms with van der Waals surface area (Å²) in [6.07, 6.45) is 0. The summed E-state index contributed by atoms with van der Waals surface area (Å²) in [5.41, 5.74) is 5.83. The summed E-state index contributed by atoms with van der Waals surface area (Å²) in [5.74, 6) is 1.65. The zero-order valence-corrected chi connectivity index (χ0v) is 19.0. The van der Waals surface area contributed by atoms with Crippen molar-refractivity contribution in [2.75, 3.05) is 13.7 Å². The highest BCUT2D eigenvalue weighted by atomic mass is 32.2. The maximum atomic E-state index is 5.76. The van der Waals surface area contributed by atoms with Gasteiger partial charge in [-0.25, -0.2) is 9.67 Å². The van der Waals surface area contributed by atoms with Gasteiger partial charge in [0.1, 0.15) is 16.5 Å². The number of methoxy groups -OCH3 is 1. The first-order valence-electron chi connectivity index (χ1n) is 10.5. The fraction of sp³-hybridized carbons (Fsp3) is 0.154. The maximum Gasteiger partial charge on any atom is 0.120 e. The van der Waals surface area contributed by atoms with Crippen molar-refractivity contribution in [1.29, 1.82) is 0 Å². The average molecular weight is 442 g/mol. The molecule has 0 fully saturated rings. The molecule has 0 spiro atoms. The van der Waals surface area contributed by atoms with Crippen LogP contribution in [-0.2, 0) is 0 Å². The zero-order chi connectivity index (χ0) is 22.1. The number of ether oxygens (including phenoxy) is 2. The van der Waals surface area contributed by atoms with Crippen molar-refractivity contribution in [3.63, 3.8) is 0 Å². The minimum Gasteiger partial charge on any atom is -0.497 e. The molecule has 0 atom stereocenters. The van der Waals surface area contributed by atoms with Crippen molar-refractivity contribution in [3.8, 4) is 17.2 Å². The van der Waals surface area contributed by atoms with Crippen LogP contribution in [0.2, 0.25) is 0 Å². The van der Waals surface area contributed by atoms with Crippen LogP contribution in [-0.4, -0.2) is 29.2 Å². The number of aryl methyl sites for hydroxylation is 1. The van der Waals surface area contributed by atoms with Crippen LogP contribution in [0.4, 0.5) is 5.69 Å². The van der Waals surface area contributed by atoms with Gasteiger partial charge < -0.3 is 9.47 Å². The number of hydrogen-bond acceptors (Lipinski definition) is 5. The van der Waals surface area contributed by atoms with E-state index in [4.69, 9.17) is 19.6 Å². The van der Waals surface area contributed by atoms with Gasteiger partial charge in [0.05, 0.1) is 42.1 Å². The van der Waals surface area contributed by atoms with Crippen LogP contribution in [0.3, 0.4) is 0 Å². The van der Waals surface area contributed by atoms with Crippen LogP contribution in [0.5, 0.6) is 11.5 Å². The lowest BCUT2D eigenvalue weighted by Gasteiger charge is -2.10. The molecule has 2 heterocycles. The summed E-state index contributed by atoms with van der Waals surface area (Å²) in [5, 5.41) is 5.94. The van der Waals surface area contributed by atoms with E-state index in [-0.39, 0.29) is 0 Å². The third-order valence-corrected chi connectivity index (χ3v) is 6.42. The molecule has 32 heavy (non-hydrogen) atoms. The van der Waals surface area contributed by atoms with Crippen molar-refractivity contribution < 1.29 is 9.47 Å². The predicted octanol–water partition coefficient (Wildman–Crippen LogP) is 6.22. The zero-order valence-electron chi connectivity index (χ0n) is 18.2. The Morgan fingerprint density at radius 2 is 1.69 bits per heavy atom. The molecule has 4 aromatic rings. The first-order valence-corrected chi connectivity index (χ1v) is 11.3. The normalized spacial score (nSPS) is 12.4. The quantitative estimate of drug-likeness (QED) is 0.325. The van der Waals surface area contributed by atoms with Gasteiger partial charge in [-0.3, -0.25) is 0 Å². The Balaban J connectivity index is 1.74. The largest absolute Gasteiger partial charge is 0.497 e. The Hall–Kier alpha value is -3.51. The predicted molar refractivity (Wildman–Crippen MR) is 128 cm³/mol. The lowest BCUT2D eigenvalue weighted by atomic mass is 10.0. The van der Waals surface area contributed by atoms with Gasteiger partial charge in [0.15, 0.2) is 0 Å². The molecule has 1 aromatic heterocycles. The fourth-order valence-electron chi connectivity index (χ4n) is 3.78. The number of aromatic nitrogens is 2. The number of fused-ring (bicyclic) bond motifs is 2. The second kappa shape index (κ2) is 8.55. The van der Waals surface area contributed by atoms with Gasteiger partial charge in [0.25, 0.3) is 0 Å². The molecule has 0 N–H and O–H groups in total.